The molecule has 80 valence electrons. The molecular weight excluding hydrogens is 176 g/mol. The first-order valence-electron chi connectivity index (χ1n) is 5.61. The molecule has 0 aromatic carbocycles. The molecule has 2 fully saturated rings. The lowest BCUT2D eigenvalue weighted by Gasteiger charge is -2.23. The van der Waals surface area contributed by atoms with Gasteiger partial charge in [0.15, 0.2) is 0 Å². The number of carbonyl (C=O) groups is 1. The van der Waals surface area contributed by atoms with Gasteiger partial charge in [0.05, 0.1) is 0 Å². The third-order valence-electron chi connectivity index (χ3n) is 4.02. The Morgan fingerprint density at radius 1 is 1.57 bits per heavy atom. The van der Waals surface area contributed by atoms with Crippen molar-refractivity contribution in [3.63, 3.8) is 0 Å². The van der Waals surface area contributed by atoms with Crippen LogP contribution in [0.5, 0.6) is 0 Å². The summed E-state index contributed by atoms with van der Waals surface area (Å²) in [6, 6.07) is 0. The number of hydrogen-bond acceptors (Lipinski definition) is 2. The third-order valence-corrected chi connectivity index (χ3v) is 4.02. The van der Waals surface area contributed by atoms with Gasteiger partial charge in [-0.05, 0) is 43.6 Å². The van der Waals surface area contributed by atoms with Gasteiger partial charge in [0.1, 0.15) is 0 Å². The maximum absolute atomic E-state index is 11.2. The van der Waals surface area contributed by atoms with Crippen molar-refractivity contribution < 1.29 is 4.79 Å². The number of hydrogen-bond donors (Lipinski definition) is 1. The molecule has 1 saturated heterocycles. The molecule has 0 unspecified atom stereocenters. The fourth-order valence-electron chi connectivity index (χ4n) is 3.10. The first kappa shape index (κ1) is 9.97. The van der Waals surface area contributed by atoms with Crippen LogP contribution < -0.4 is 5.73 Å². The van der Waals surface area contributed by atoms with Gasteiger partial charge in [-0.3, -0.25) is 4.79 Å². The zero-order valence-corrected chi connectivity index (χ0v) is 8.96. The first-order chi connectivity index (χ1) is 6.65. The molecule has 3 nitrogen and oxygen atoms in total. The Morgan fingerprint density at radius 2 is 2.36 bits per heavy atom. The number of likely N-dealkylation sites (tertiary alicyclic amines) is 1. The van der Waals surface area contributed by atoms with Crippen molar-refractivity contribution in [1.29, 1.82) is 0 Å². The second-order valence-corrected chi connectivity index (χ2v) is 5.04. The van der Waals surface area contributed by atoms with Crippen LogP contribution in [0.25, 0.3) is 0 Å². The van der Waals surface area contributed by atoms with Gasteiger partial charge in [0, 0.05) is 20.0 Å². The molecule has 3 heteroatoms. The average Bonchev–Trinajstić information content (AvgIpc) is 2.74. The Bertz CT molecular complexity index is 241. The van der Waals surface area contributed by atoms with E-state index < -0.39 is 0 Å². The quantitative estimate of drug-likeness (QED) is 0.679. The molecule has 1 heterocycles. The summed E-state index contributed by atoms with van der Waals surface area (Å²) in [6.07, 6.45) is 4.98. The average molecular weight is 196 g/mol. The van der Waals surface area contributed by atoms with Crippen molar-refractivity contribution in [2.75, 3.05) is 19.6 Å². The minimum atomic E-state index is 0.234. The molecule has 0 bridgehead atoms. The molecule has 14 heavy (non-hydrogen) atoms. The fourth-order valence-corrected chi connectivity index (χ4v) is 3.10. The molecule has 2 N–H and O–H groups in total. The number of rotatable bonds is 1. The second-order valence-electron chi connectivity index (χ2n) is 5.04. The van der Waals surface area contributed by atoms with E-state index in [-0.39, 0.29) is 5.91 Å². The maximum Gasteiger partial charge on any atom is 0.219 e. The molecule has 1 spiro atoms. The lowest BCUT2D eigenvalue weighted by Crippen LogP contribution is -2.29. The van der Waals surface area contributed by atoms with Gasteiger partial charge in [-0.25, -0.2) is 0 Å². The lowest BCUT2D eigenvalue weighted by molar-refractivity contribution is -0.128. The van der Waals surface area contributed by atoms with E-state index in [1.54, 1.807) is 6.92 Å². The number of nitrogens with zero attached hydrogens (tertiary/aromatic N) is 1. The number of carbonyl (C=O) groups excluding carboxylic acids is 1. The van der Waals surface area contributed by atoms with E-state index in [2.05, 4.69) is 0 Å². The summed E-state index contributed by atoms with van der Waals surface area (Å²) in [5.41, 5.74) is 6.14. The predicted molar refractivity (Wildman–Crippen MR) is 55.7 cm³/mol. The molecule has 0 aromatic heterocycles. The number of amides is 1. The van der Waals surface area contributed by atoms with Crippen LogP contribution in [0.2, 0.25) is 0 Å². The Kier molecular flexibility index (Phi) is 2.52. The van der Waals surface area contributed by atoms with Crippen molar-refractivity contribution in [2.24, 2.45) is 17.1 Å². The van der Waals surface area contributed by atoms with Gasteiger partial charge >= 0.3 is 0 Å². The first-order valence-corrected chi connectivity index (χ1v) is 5.61. The Morgan fingerprint density at radius 3 is 2.86 bits per heavy atom. The maximum atomic E-state index is 11.2. The lowest BCUT2D eigenvalue weighted by atomic mass is 9.84. The standard InChI is InChI=1S/C11H20N2O/c1-9(14)13-5-4-11(8-13)3-2-10(6-11)7-12/h10H,2-8,12H2,1H3/t10-,11-/m0/s1. The number of nitrogens with two attached hydrogens (primary N) is 1. The summed E-state index contributed by atoms with van der Waals surface area (Å²) in [6.45, 7) is 4.45. The minimum absolute atomic E-state index is 0.234. The molecule has 1 aliphatic heterocycles. The zero-order valence-electron chi connectivity index (χ0n) is 8.96. The van der Waals surface area contributed by atoms with E-state index in [1.165, 1.54) is 25.7 Å². The highest BCUT2D eigenvalue weighted by Crippen LogP contribution is 2.47. The highest BCUT2D eigenvalue weighted by atomic mass is 16.2. The van der Waals surface area contributed by atoms with E-state index in [0.717, 1.165) is 19.6 Å². The monoisotopic (exact) mass is 196 g/mol. The van der Waals surface area contributed by atoms with Crippen LogP contribution in [0, 0.1) is 11.3 Å². The Hall–Kier alpha value is -0.570. The SMILES string of the molecule is CC(=O)N1CC[C@]2(CC[C@H](CN)C2)C1. The summed E-state index contributed by atoms with van der Waals surface area (Å²) >= 11 is 0. The van der Waals surface area contributed by atoms with E-state index >= 15 is 0 Å². The smallest absolute Gasteiger partial charge is 0.219 e. The van der Waals surface area contributed by atoms with E-state index in [1.807, 2.05) is 4.90 Å². The van der Waals surface area contributed by atoms with Crippen LogP contribution in [0.1, 0.15) is 32.6 Å². The van der Waals surface area contributed by atoms with Crippen LogP contribution in [-0.2, 0) is 4.79 Å². The normalized spacial score (nSPS) is 37.0. The zero-order chi connectivity index (χ0) is 10.2. The molecule has 1 saturated carbocycles. The largest absolute Gasteiger partial charge is 0.342 e. The van der Waals surface area contributed by atoms with E-state index in [4.69, 9.17) is 5.73 Å². The second kappa shape index (κ2) is 3.54. The van der Waals surface area contributed by atoms with Crippen LogP contribution in [-0.4, -0.2) is 30.4 Å². The predicted octanol–water partition coefficient (Wildman–Crippen LogP) is 0.984. The van der Waals surface area contributed by atoms with Gasteiger partial charge in [-0.15, -0.1) is 0 Å². The van der Waals surface area contributed by atoms with Gasteiger partial charge in [0.25, 0.3) is 0 Å². The molecule has 2 aliphatic rings. The van der Waals surface area contributed by atoms with Crippen LogP contribution in [0.4, 0.5) is 0 Å². The van der Waals surface area contributed by atoms with Gasteiger partial charge in [0.2, 0.25) is 5.91 Å². The van der Waals surface area contributed by atoms with E-state index in [9.17, 15) is 4.79 Å². The Balaban J connectivity index is 1.97. The minimum Gasteiger partial charge on any atom is -0.342 e. The van der Waals surface area contributed by atoms with Crippen molar-refractivity contribution in [3.8, 4) is 0 Å². The highest BCUT2D eigenvalue weighted by molar-refractivity contribution is 5.73. The highest BCUT2D eigenvalue weighted by Gasteiger charge is 2.44. The summed E-state index contributed by atoms with van der Waals surface area (Å²) in [5.74, 6) is 0.944. The molecule has 2 rings (SSSR count). The fraction of sp³-hybridized carbons (Fsp3) is 0.909. The molecule has 1 amide bonds. The molecule has 2 atom stereocenters. The van der Waals surface area contributed by atoms with E-state index in [0.29, 0.717) is 11.3 Å². The van der Waals surface area contributed by atoms with Gasteiger partial charge in [-0.1, -0.05) is 0 Å². The topological polar surface area (TPSA) is 46.3 Å². The van der Waals surface area contributed by atoms with Gasteiger partial charge in [-0.2, -0.15) is 0 Å². The van der Waals surface area contributed by atoms with Crippen molar-refractivity contribution in [3.05, 3.63) is 0 Å². The Labute approximate surface area is 85.6 Å². The third kappa shape index (κ3) is 1.65. The summed E-state index contributed by atoms with van der Waals surface area (Å²) < 4.78 is 0. The summed E-state index contributed by atoms with van der Waals surface area (Å²) in [5, 5.41) is 0. The molecule has 1 aliphatic carbocycles. The van der Waals surface area contributed by atoms with Crippen LogP contribution in [0.15, 0.2) is 0 Å². The van der Waals surface area contributed by atoms with Crippen molar-refractivity contribution in [1.82, 2.24) is 4.90 Å². The molecule has 0 aromatic rings. The van der Waals surface area contributed by atoms with Crippen LogP contribution in [0.3, 0.4) is 0 Å². The molecular formula is C11H20N2O. The van der Waals surface area contributed by atoms with Gasteiger partial charge < -0.3 is 10.6 Å². The van der Waals surface area contributed by atoms with Crippen LogP contribution >= 0.6 is 0 Å². The van der Waals surface area contributed by atoms with Crippen molar-refractivity contribution >= 4 is 5.91 Å². The summed E-state index contributed by atoms with van der Waals surface area (Å²) in [4.78, 5) is 13.2. The molecule has 0 radical (unpaired) electrons. The van der Waals surface area contributed by atoms with Crippen molar-refractivity contribution in [2.45, 2.75) is 32.6 Å². The summed E-state index contributed by atoms with van der Waals surface area (Å²) in [7, 11) is 0.